The number of nitrogens with zero attached hydrogens (tertiary/aromatic N) is 1. The molecule has 1 aliphatic rings. The molecule has 120 valence electrons. The quantitative estimate of drug-likeness (QED) is 0.740. The maximum Gasteiger partial charge on any atom is 0.246 e. The highest BCUT2D eigenvalue weighted by Gasteiger charge is 2.22. The summed E-state index contributed by atoms with van der Waals surface area (Å²) < 4.78 is 5.49. The van der Waals surface area contributed by atoms with Gasteiger partial charge < -0.3 is 9.32 Å². The first-order valence-corrected chi connectivity index (χ1v) is 8.28. The molecule has 0 atom stereocenters. The van der Waals surface area contributed by atoms with Crippen LogP contribution in [0.15, 0.2) is 53.0 Å². The average Bonchev–Trinajstić information content (AvgIpc) is 2.94. The minimum absolute atomic E-state index is 0.0507. The Balaban J connectivity index is 1.68. The van der Waals surface area contributed by atoms with Crippen molar-refractivity contribution in [2.75, 3.05) is 6.54 Å². The number of amides is 1. The third-order valence-corrected chi connectivity index (χ3v) is 4.38. The first kappa shape index (κ1) is 15.6. The van der Waals surface area contributed by atoms with E-state index >= 15 is 0 Å². The number of benzene rings is 1. The van der Waals surface area contributed by atoms with Crippen molar-refractivity contribution in [3.8, 4) is 0 Å². The molecule has 1 fully saturated rings. The van der Waals surface area contributed by atoms with E-state index in [1.54, 1.807) is 12.2 Å². The minimum Gasteiger partial charge on any atom is -0.462 e. The van der Waals surface area contributed by atoms with E-state index in [2.05, 4.69) is 12.1 Å². The normalized spacial score (nSPS) is 14.8. The molecule has 2 aromatic rings. The number of furan rings is 1. The van der Waals surface area contributed by atoms with E-state index in [4.69, 9.17) is 4.42 Å². The molecule has 1 aromatic heterocycles. The predicted molar refractivity (Wildman–Crippen MR) is 91.7 cm³/mol. The molecule has 1 saturated carbocycles. The van der Waals surface area contributed by atoms with Gasteiger partial charge in [0.05, 0.1) is 0 Å². The van der Waals surface area contributed by atoms with E-state index in [1.165, 1.54) is 24.8 Å². The van der Waals surface area contributed by atoms with Crippen LogP contribution in [0.25, 0.3) is 6.08 Å². The van der Waals surface area contributed by atoms with Crippen molar-refractivity contribution in [3.05, 3.63) is 65.6 Å². The SMILES string of the molecule is Cc1ccc(C=CC(=O)N(Cc2ccccc2)CC2CCC2)o1. The van der Waals surface area contributed by atoms with Crippen molar-refractivity contribution >= 4 is 12.0 Å². The zero-order valence-electron chi connectivity index (χ0n) is 13.6. The Bertz CT molecular complexity index is 668. The summed E-state index contributed by atoms with van der Waals surface area (Å²) in [5, 5.41) is 0. The second kappa shape index (κ2) is 7.32. The molecule has 1 amide bonds. The molecule has 1 heterocycles. The van der Waals surface area contributed by atoms with Gasteiger partial charge in [-0.3, -0.25) is 4.79 Å². The fourth-order valence-corrected chi connectivity index (χ4v) is 2.83. The third kappa shape index (κ3) is 4.35. The molecule has 1 aliphatic carbocycles. The van der Waals surface area contributed by atoms with E-state index in [9.17, 15) is 4.79 Å². The van der Waals surface area contributed by atoms with Crippen LogP contribution in [0.5, 0.6) is 0 Å². The van der Waals surface area contributed by atoms with Crippen molar-refractivity contribution in [1.29, 1.82) is 0 Å². The van der Waals surface area contributed by atoms with Crippen molar-refractivity contribution in [3.63, 3.8) is 0 Å². The fourth-order valence-electron chi connectivity index (χ4n) is 2.83. The second-order valence-corrected chi connectivity index (χ2v) is 6.28. The average molecular weight is 309 g/mol. The van der Waals surface area contributed by atoms with Gasteiger partial charge in [-0.05, 0) is 49.5 Å². The summed E-state index contributed by atoms with van der Waals surface area (Å²) in [6.45, 7) is 3.41. The van der Waals surface area contributed by atoms with Crippen molar-refractivity contribution in [2.24, 2.45) is 5.92 Å². The van der Waals surface area contributed by atoms with Crippen LogP contribution >= 0.6 is 0 Å². The van der Waals surface area contributed by atoms with Crippen molar-refractivity contribution in [1.82, 2.24) is 4.90 Å². The van der Waals surface area contributed by atoms with Gasteiger partial charge in [0.25, 0.3) is 0 Å². The highest BCUT2D eigenvalue weighted by molar-refractivity contribution is 5.91. The predicted octanol–water partition coefficient (Wildman–Crippen LogP) is 4.43. The molecule has 3 rings (SSSR count). The van der Waals surface area contributed by atoms with Crippen LogP contribution in [0.4, 0.5) is 0 Å². The molecular weight excluding hydrogens is 286 g/mol. The van der Waals surface area contributed by atoms with Crippen LogP contribution in [-0.4, -0.2) is 17.4 Å². The minimum atomic E-state index is 0.0507. The number of carbonyl (C=O) groups is 1. The number of rotatable bonds is 6. The molecule has 0 aliphatic heterocycles. The third-order valence-electron chi connectivity index (χ3n) is 4.38. The summed E-state index contributed by atoms with van der Waals surface area (Å²) in [5.41, 5.74) is 1.17. The zero-order valence-corrected chi connectivity index (χ0v) is 13.6. The maximum atomic E-state index is 12.6. The van der Waals surface area contributed by atoms with Gasteiger partial charge in [0, 0.05) is 19.2 Å². The lowest BCUT2D eigenvalue weighted by atomic mass is 9.85. The largest absolute Gasteiger partial charge is 0.462 e. The zero-order chi connectivity index (χ0) is 16.1. The number of hydrogen-bond donors (Lipinski definition) is 0. The van der Waals surface area contributed by atoms with E-state index in [0.29, 0.717) is 12.5 Å². The lowest BCUT2D eigenvalue weighted by molar-refractivity contribution is -0.127. The van der Waals surface area contributed by atoms with E-state index in [-0.39, 0.29) is 5.91 Å². The van der Waals surface area contributed by atoms with Gasteiger partial charge >= 0.3 is 0 Å². The summed E-state index contributed by atoms with van der Waals surface area (Å²) in [4.78, 5) is 14.6. The van der Waals surface area contributed by atoms with Crippen LogP contribution in [-0.2, 0) is 11.3 Å². The number of hydrogen-bond acceptors (Lipinski definition) is 2. The molecular formula is C20H23NO2. The van der Waals surface area contributed by atoms with E-state index in [0.717, 1.165) is 18.1 Å². The number of aryl methyl sites for hydroxylation is 1. The lowest BCUT2D eigenvalue weighted by Crippen LogP contribution is -2.36. The Labute approximate surface area is 137 Å². The van der Waals surface area contributed by atoms with Crippen molar-refractivity contribution < 1.29 is 9.21 Å². The second-order valence-electron chi connectivity index (χ2n) is 6.28. The molecule has 3 nitrogen and oxygen atoms in total. The molecule has 0 bridgehead atoms. The number of carbonyl (C=O) groups excluding carboxylic acids is 1. The van der Waals surface area contributed by atoms with Crippen LogP contribution in [0, 0.1) is 12.8 Å². The Morgan fingerprint density at radius 2 is 2.00 bits per heavy atom. The van der Waals surface area contributed by atoms with Crippen LogP contribution in [0.3, 0.4) is 0 Å². The standard InChI is InChI=1S/C20H23NO2/c1-16-10-11-19(23-16)12-13-20(22)21(15-18-8-5-9-18)14-17-6-3-2-4-7-17/h2-4,6-7,10-13,18H,5,8-9,14-15H2,1H3. The van der Waals surface area contributed by atoms with Crippen LogP contribution < -0.4 is 0 Å². The van der Waals surface area contributed by atoms with Gasteiger partial charge in [-0.2, -0.15) is 0 Å². The molecule has 0 N–H and O–H groups in total. The van der Waals surface area contributed by atoms with Crippen molar-refractivity contribution in [2.45, 2.75) is 32.7 Å². The summed E-state index contributed by atoms with van der Waals surface area (Å²) in [6, 6.07) is 14.0. The Morgan fingerprint density at radius 1 is 1.22 bits per heavy atom. The molecule has 0 saturated heterocycles. The summed E-state index contributed by atoms with van der Waals surface area (Å²) >= 11 is 0. The first-order valence-electron chi connectivity index (χ1n) is 8.28. The first-order chi connectivity index (χ1) is 11.2. The maximum absolute atomic E-state index is 12.6. The van der Waals surface area contributed by atoms with Gasteiger partial charge in [0.2, 0.25) is 5.91 Å². The Kier molecular flexibility index (Phi) is 4.96. The Morgan fingerprint density at radius 3 is 2.61 bits per heavy atom. The van der Waals surface area contributed by atoms with E-state index in [1.807, 2.05) is 42.2 Å². The highest BCUT2D eigenvalue weighted by Crippen LogP contribution is 2.27. The monoisotopic (exact) mass is 309 g/mol. The van der Waals surface area contributed by atoms with Gasteiger partial charge in [-0.1, -0.05) is 36.8 Å². The van der Waals surface area contributed by atoms with E-state index < -0.39 is 0 Å². The molecule has 1 aromatic carbocycles. The van der Waals surface area contributed by atoms with Gasteiger partial charge in [0.15, 0.2) is 0 Å². The molecule has 3 heteroatoms. The van der Waals surface area contributed by atoms with Crippen LogP contribution in [0.1, 0.15) is 36.3 Å². The summed E-state index contributed by atoms with van der Waals surface area (Å²) in [7, 11) is 0. The Hall–Kier alpha value is -2.29. The fraction of sp³-hybridized carbons (Fsp3) is 0.350. The highest BCUT2D eigenvalue weighted by atomic mass is 16.3. The van der Waals surface area contributed by atoms with Gasteiger partial charge in [-0.25, -0.2) is 0 Å². The van der Waals surface area contributed by atoms with Gasteiger partial charge in [0.1, 0.15) is 11.5 Å². The molecule has 23 heavy (non-hydrogen) atoms. The summed E-state index contributed by atoms with van der Waals surface area (Å²) in [6.07, 6.45) is 7.15. The molecule has 0 spiro atoms. The lowest BCUT2D eigenvalue weighted by Gasteiger charge is -2.32. The summed E-state index contributed by atoms with van der Waals surface area (Å²) in [5.74, 6) is 2.28. The van der Waals surface area contributed by atoms with Crippen LogP contribution in [0.2, 0.25) is 0 Å². The smallest absolute Gasteiger partial charge is 0.246 e. The topological polar surface area (TPSA) is 33.5 Å². The molecule has 0 unspecified atom stereocenters. The molecule has 0 radical (unpaired) electrons. The van der Waals surface area contributed by atoms with Gasteiger partial charge in [-0.15, -0.1) is 0 Å².